The van der Waals surface area contributed by atoms with E-state index in [1.54, 1.807) is 0 Å². The molecule has 0 spiro atoms. The molecule has 0 atom stereocenters. The van der Waals surface area contributed by atoms with Crippen LogP contribution in [0, 0.1) is 17.3 Å². The predicted molar refractivity (Wildman–Crippen MR) is 52.9 cm³/mol. The minimum atomic E-state index is -0.0768. The third-order valence-corrected chi connectivity index (χ3v) is 1.04. The molecule has 0 unspecified atom stereocenters. The average molecular weight is 168 g/mol. The Labute approximate surface area is 76.5 Å². The van der Waals surface area contributed by atoms with Crippen molar-refractivity contribution in [3.8, 4) is 11.8 Å². The van der Waals surface area contributed by atoms with Crippen LogP contribution < -0.4 is 0 Å². The van der Waals surface area contributed by atoms with Gasteiger partial charge >= 0.3 is 0 Å². The van der Waals surface area contributed by atoms with Crippen molar-refractivity contribution in [2.75, 3.05) is 6.61 Å². The summed E-state index contributed by atoms with van der Waals surface area (Å²) in [4.78, 5) is 0. The van der Waals surface area contributed by atoms with E-state index in [1.807, 2.05) is 20.8 Å². The summed E-state index contributed by atoms with van der Waals surface area (Å²) in [7, 11) is 0. The maximum Gasteiger partial charge on any atom is 0.108 e. The lowest BCUT2D eigenvalue weighted by Crippen LogP contribution is -2.19. The Hall–Kier alpha value is -0.480. The van der Waals surface area contributed by atoms with E-state index in [0.717, 1.165) is 0 Å². The van der Waals surface area contributed by atoms with Crippen LogP contribution in [-0.4, -0.2) is 12.2 Å². The molecule has 0 saturated carbocycles. The van der Waals surface area contributed by atoms with Gasteiger partial charge in [-0.05, 0) is 41.5 Å². The average Bonchev–Trinajstić information content (AvgIpc) is 1.76. The van der Waals surface area contributed by atoms with Crippen molar-refractivity contribution >= 4 is 0 Å². The summed E-state index contributed by atoms with van der Waals surface area (Å²) in [5.41, 5.74) is 0.00775. The smallest absolute Gasteiger partial charge is 0.108 e. The van der Waals surface area contributed by atoms with Gasteiger partial charge in [0.1, 0.15) is 6.61 Å². The van der Waals surface area contributed by atoms with E-state index in [1.165, 1.54) is 0 Å². The van der Waals surface area contributed by atoms with Crippen LogP contribution in [0.2, 0.25) is 0 Å². The molecule has 0 aliphatic rings. The van der Waals surface area contributed by atoms with E-state index >= 15 is 0 Å². The standard InChI is InChI=1S/C11H20O/c1-10(2,3)8-7-9-12-11(4,5)6/h9H2,1-6H3. The lowest BCUT2D eigenvalue weighted by atomic mass is 9.98. The molecule has 0 aliphatic carbocycles. The third kappa shape index (κ3) is 9.52. The second-order valence-corrected chi connectivity index (χ2v) is 4.95. The van der Waals surface area contributed by atoms with Gasteiger partial charge in [0, 0.05) is 5.41 Å². The zero-order valence-corrected chi connectivity index (χ0v) is 9.12. The summed E-state index contributed by atoms with van der Waals surface area (Å²) in [6, 6.07) is 0. The first-order valence-electron chi connectivity index (χ1n) is 4.35. The number of ether oxygens (including phenoxy) is 1. The Morgan fingerprint density at radius 1 is 1.00 bits per heavy atom. The fraction of sp³-hybridized carbons (Fsp3) is 0.818. The van der Waals surface area contributed by atoms with E-state index in [-0.39, 0.29) is 11.0 Å². The van der Waals surface area contributed by atoms with Crippen molar-refractivity contribution < 1.29 is 4.74 Å². The number of hydrogen-bond donors (Lipinski definition) is 0. The lowest BCUT2D eigenvalue weighted by Gasteiger charge is -2.17. The second-order valence-electron chi connectivity index (χ2n) is 4.95. The molecule has 0 N–H and O–H groups in total. The molecule has 0 rings (SSSR count). The summed E-state index contributed by atoms with van der Waals surface area (Å²) in [6.45, 7) is 12.9. The molecule has 0 amide bonds. The Balaban J connectivity index is 3.75. The van der Waals surface area contributed by atoms with Crippen molar-refractivity contribution in [1.29, 1.82) is 0 Å². The molecular formula is C11H20O. The SMILES string of the molecule is CC(C)(C)C#CCOC(C)(C)C. The topological polar surface area (TPSA) is 9.23 Å². The number of hydrogen-bond acceptors (Lipinski definition) is 1. The fourth-order valence-corrected chi connectivity index (χ4v) is 0.554. The first kappa shape index (κ1) is 11.5. The minimum absolute atomic E-state index is 0.0768. The Morgan fingerprint density at radius 3 is 1.83 bits per heavy atom. The number of rotatable bonds is 1. The Kier molecular flexibility index (Phi) is 3.80. The molecule has 0 saturated heterocycles. The van der Waals surface area contributed by atoms with Crippen molar-refractivity contribution in [2.45, 2.75) is 47.1 Å². The summed E-state index contributed by atoms with van der Waals surface area (Å²) in [5, 5.41) is 0. The normalized spacial score (nSPS) is 12.2. The Morgan fingerprint density at radius 2 is 1.50 bits per heavy atom. The summed E-state index contributed by atoms with van der Waals surface area (Å²) in [5.74, 6) is 6.13. The highest BCUT2D eigenvalue weighted by atomic mass is 16.5. The molecule has 12 heavy (non-hydrogen) atoms. The van der Waals surface area contributed by atoms with Gasteiger partial charge in [0.25, 0.3) is 0 Å². The quantitative estimate of drug-likeness (QED) is 0.547. The lowest BCUT2D eigenvalue weighted by molar-refractivity contribution is 0.0180. The first-order chi connectivity index (χ1) is 5.21. The highest BCUT2D eigenvalue weighted by Crippen LogP contribution is 2.10. The van der Waals surface area contributed by atoms with Gasteiger partial charge in [0.05, 0.1) is 5.60 Å². The van der Waals surface area contributed by atoms with Gasteiger partial charge in [0.2, 0.25) is 0 Å². The van der Waals surface area contributed by atoms with Gasteiger partial charge in [-0.2, -0.15) is 0 Å². The maximum absolute atomic E-state index is 5.45. The highest BCUT2D eigenvalue weighted by molar-refractivity contribution is 5.07. The van der Waals surface area contributed by atoms with Crippen LogP contribution >= 0.6 is 0 Å². The van der Waals surface area contributed by atoms with Crippen LogP contribution in [0.4, 0.5) is 0 Å². The monoisotopic (exact) mass is 168 g/mol. The van der Waals surface area contributed by atoms with Gasteiger partial charge in [-0.3, -0.25) is 0 Å². The molecular weight excluding hydrogens is 148 g/mol. The maximum atomic E-state index is 5.45. The van der Waals surface area contributed by atoms with Gasteiger partial charge in [0.15, 0.2) is 0 Å². The third-order valence-electron chi connectivity index (χ3n) is 1.04. The van der Waals surface area contributed by atoms with Crippen LogP contribution in [0.25, 0.3) is 0 Å². The second kappa shape index (κ2) is 3.96. The Bertz CT molecular complexity index is 180. The van der Waals surface area contributed by atoms with Crippen LogP contribution in [0.1, 0.15) is 41.5 Å². The van der Waals surface area contributed by atoms with Crippen molar-refractivity contribution in [3.63, 3.8) is 0 Å². The predicted octanol–water partition coefficient (Wildman–Crippen LogP) is 2.85. The van der Waals surface area contributed by atoms with E-state index in [9.17, 15) is 0 Å². The molecule has 0 aromatic carbocycles. The summed E-state index contributed by atoms with van der Waals surface area (Å²) in [6.07, 6.45) is 0. The van der Waals surface area contributed by atoms with Crippen molar-refractivity contribution in [3.05, 3.63) is 0 Å². The molecule has 0 aromatic rings. The largest absolute Gasteiger partial charge is 0.363 e. The molecule has 70 valence electrons. The molecule has 0 fully saturated rings. The zero-order chi connectivity index (χ0) is 9.83. The molecule has 0 radical (unpaired) electrons. The van der Waals surface area contributed by atoms with E-state index < -0.39 is 0 Å². The van der Waals surface area contributed by atoms with Gasteiger partial charge in [-0.1, -0.05) is 11.8 Å². The fourth-order valence-electron chi connectivity index (χ4n) is 0.554. The van der Waals surface area contributed by atoms with Gasteiger partial charge in [-0.25, -0.2) is 0 Å². The van der Waals surface area contributed by atoms with Crippen LogP contribution in [0.5, 0.6) is 0 Å². The zero-order valence-electron chi connectivity index (χ0n) is 9.12. The molecule has 1 heteroatoms. The summed E-state index contributed by atoms with van der Waals surface area (Å²) < 4.78 is 5.45. The van der Waals surface area contributed by atoms with E-state index in [0.29, 0.717) is 6.61 Å². The van der Waals surface area contributed by atoms with Crippen LogP contribution in [0.15, 0.2) is 0 Å². The van der Waals surface area contributed by atoms with E-state index in [2.05, 4.69) is 32.6 Å². The molecule has 0 aliphatic heterocycles. The minimum Gasteiger partial charge on any atom is -0.363 e. The highest BCUT2D eigenvalue weighted by Gasteiger charge is 2.08. The summed E-state index contributed by atoms with van der Waals surface area (Å²) >= 11 is 0. The van der Waals surface area contributed by atoms with Crippen LogP contribution in [-0.2, 0) is 4.74 Å². The van der Waals surface area contributed by atoms with Crippen LogP contribution in [0.3, 0.4) is 0 Å². The van der Waals surface area contributed by atoms with Gasteiger partial charge < -0.3 is 4.74 Å². The molecule has 0 bridgehead atoms. The molecule has 0 heterocycles. The molecule has 0 aromatic heterocycles. The first-order valence-corrected chi connectivity index (χ1v) is 4.35. The van der Waals surface area contributed by atoms with Gasteiger partial charge in [-0.15, -0.1) is 0 Å². The van der Waals surface area contributed by atoms with Crippen molar-refractivity contribution in [1.82, 2.24) is 0 Å². The van der Waals surface area contributed by atoms with Crippen molar-refractivity contribution in [2.24, 2.45) is 5.41 Å². The van der Waals surface area contributed by atoms with E-state index in [4.69, 9.17) is 4.74 Å². The molecule has 1 nitrogen and oxygen atoms in total.